The summed E-state index contributed by atoms with van der Waals surface area (Å²) in [5.41, 5.74) is 1.72. The normalized spacial score (nSPS) is 14.6. The Kier molecular flexibility index (Phi) is 9.71. The number of aldehydes is 1. The van der Waals surface area contributed by atoms with E-state index in [1.807, 2.05) is 33.8 Å². The first-order chi connectivity index (χ1) is 10.1. The zero-order valence-electron chi connectivity index (χ0n) is 15.1. The Morgan fingerprint density at radius 2 is 1.77 bits per heavy atom. The summed E-state index contributed by atoms with van der Waals surface area (Å²) < 4.78 is 5.27. The first-order valence-corrected chi connectivity index (χ1v) is 8.16. The van der Waals surface area contributed by atoms with Gasteiger partial charge in [-0.1, -0.05) is 31.4 Å². The standard InChI is InChI=1S/C19H32O3/c1-15(10-8-7-9-11-20)12-16(2)13-17(3)14-18(21)22-19(4,5)6/h11,13-15H,7-10,12H2,1-6H3/b16-13+,17-14+/t15-/m1/s1. The zero-order chi connectivity index (χ0) is 17.2. The molecule has 3 heteroatoms. The van der Waals surface area contributed by atoms with Crippen LogP contribution in [0.25, 0.3) is 0 Å². The fourth-order valence-corrected chi connectivity index (χ4v) is 2.38. The zero-order valence-corrected chi connectivity index (χ0v) is 15.1. The highest BCUT2D eigenvalue weighted by molar-refractivity contribution is 5.83. The van der Waals surface area contributed by atoms with E-state index in [2.05, 4.69) is 13.8 Å². The summed E-state index contributed by atoms with van der Waals surface area (Å²) in [4.78, 5) is 22.0. The largest absolute Gasteiger partial charge is 0.457 e. The van der Waals surface area contributed by atoms with Gasteiger partial charge in [-0.2, -0.15) is 0 Å². The fourth-order valence-electron chi connectivity index (χ4n) is 2.38. The monoisotopic (exact) mass is 308 g/mol. The molecule has 0 aromatic heterocycles. The molecule has 22 heavy (non-hydrogen) atoms. The molecule has 0 heterocycles. The highest BCUT2D eigenvalue weighted by Crippen LogP contribution is 2.19. The molecule has 0 fully saturated rings. The van der Waals surface area contributed by atoms with Crippen LogP contribution in [0.4, 0.5) is 0 Å². The fraction of sp³-hybridized carbons (Fsp3) is 0.684. The molecule has 1 atom stereocenters. The minimum atomic E-state index is -0.456. The van der Waals surface area contributed by atoms with Crippen LogP contribution in [0.5, 0.6) is 0 Å². The van der Waals surface area contributed by atoms with Gasteiger partial charge in [0.2, 0.25) is 0 Å². The van der Waals surface area contributed by atoms with Crippen molar-refractivity contribution in [1.82, 2.24) is 0 Å². The average molecular weight is 308 g/mol. The quantitative estimate of drug-likeness (QED) is 0.198. The molecule has 0 radical (unpaired) electrons. The van der Waals surface area contributed by atoms with Crippen molar-refractivity contribution in [3.8, 4) is 0 Å². The number of rotatable bonds is 9. The van der Waals surface area contributed by atoms with Crippen molar-refractivity contribution in [3.63, 3.8) is 0 Å². The first kappa shape index (κ1) is 20.6. The maximum absolute atomic E-state index is 11.7. The van der Waals surface area contributed by atoms with E-state index in [1.54, 1.807) is 6.08 Å². The van der Waals surface area contributed by atoms with Gasteiger partial charge in [-0.15, -0.1) is 0 Å². The summed E-state index contributed by atoms with van der Waals surface area (Å²) in [7, 11) is 0. The van der Waals surface area contributed by atoms with Crippen LogP contribution in [0.1, 0.15) is 73.6 Å². The predicted octanol–water partition coefficient (Wildman–Crippen LogP) is 5.01. The number of unbranched alkanes of at least 4 members (excludes halogenated alkanes) is 2. The number of ether oxygens (including phenoxy) is 1. The number of hydrogen-bond donors (Lipinski definition) is 0. The Hall–Kier alpha value is -1.38. The van der Waals surface area contributed by atoms with Crippen molar-refractivity contribution >= 4 is 12.3 Å². The molecule has 3 nitrogen and oxygen atoms in total. The Morgan fingerprint density at radius 3 is 2.32 bits per heavy atom. The van der Waals surface area contributed by atoms with Gasteiger partial charge in [0.1, 0.15) is 11.9 Å². The van der Waals surface area contributed by atoms with Gasteiger partial charge in [-0.25, -0.2) is 4.79 Å². The lowest BCUT2D eigenvalue weighted by atomic mass is 9.95. The first-order valence-electron chi connectivity index (χ1n) is 8.16. The number of esters is 1. The molecule has 0 spiro atoms. The molecular formula is C19H32O3. The van der Waals surface area contributed by atoms with Crippen LogP contribution in [-0.4, -0.2) is 17.9 Å². The lowest BCUT2D eigenvalue weighted by Gasteiger charge is -2.18. The van der Waals surface area contributed by atoms with Gasteiger partial charge >= 0.3 is 5.97 Å². The highest BCUT2D eigenvalue weighted by atomic mass is 16.6. The van der Waals surface area contributed by atoms with Crippen molar-refractivity contribution in [2.24, 2.45) is 5.92 Å². The van der Waals surface area contributed by atoms with Crippen LogP contribution in [0.3, 0.4) is 0 Å². The number of carbonyl (C=O) groups excluding carboxylic acids is 2. The third-order valence-electron chi connectivity index (χ3n) is 3.17. The molecule has 0 amide bonds. The van der Waals surface area contributed by atoms with Gasteiger partial charge in [-0.05, 0) is 59.0 Å². The van der Waals surface area contributed by atoms with Gasteiger partial charge in [0.25, 0.3) is 0 Å². The third kappa shape index (κ3) is 12.4. The molecule has 0 aromatic rings. The molecule has 0 unspecified atom stereocenters. The Labute approximate surface area is 135 Å². The van der Waals surface area contributed by atoms with Crippen LogP contribution < -0.4 is 0 Å². The van der Waals surface area contributed by atoms with Crippen molar-refractivity contribution in [2.45, 2.75) is 79.2 Å². The van der Waals surface area contributed by atoms with Crippen LogP contribution in [0, 0.1) is 5.92 Å². The lowest BCUT2D eigenvalue weighted by molar-refractivity contribution is -0.148. The minimum Gasteiger partial charge on any atom is -0.457 e. The smallest absolute Gasteiger partial charge is 0.331 e. The van der Waals surface area contributed by atoms with Crippen LogP contribution in [0.15, 0.2) is 23.3 Å². The summed E-state index contributed by atoms with van der Waals surface area (Å²) in [6, 6.07) is 0. The molecule has 0 aliphatic carbocycles. The van der Waals surface area contributed by atoms with E-state index in [-0.39, 0.29) is 5.97 Å². The average Bonchev–Trinajstić information content (AvgIpc) is 2.31. The molecule has 126 valence electrons. The van der Waals surface area contributed by atoms with Crippen molar-refractivity contribution in [3.05, 3.63) is 23.3 Å². The van der Waals surface area contributed by atoms with Crippen molar-refractivity contribution in [1.29, 1.82) is 0 Å². The predicted molar refractivity (Wildman–Crippen MR) is 91.7 cm³/mol. The molecule has 0 bridgehead atoms. The van der Waals surface area contributed by atoms with Gasteiger partial charge in [0.15, 0.2) is 0 Å². The lowest BCUT2D eigenvalue weighted by Crippen LogP contribution is -2.22. The second-order valence-electron chi connectivity index (χ2n) is 7.17. The molecule has 0 rings (SSSR count). The molecular weight excluding hydrogens is 276 g/mol. The van der Waals surface area contributed by atoms with E-state index in [0.717, 1.165) is 37.5 Å². The summed E-state index contributed by atoms with van der Waals surface area (Å²) in [6.45, 7) is 11.8. The van der Waals surface area contributed by atoms with Crippen LogP contribution >= 0.6 is 0 Å². The molecule has 0 aromatic carbocycles. The SMILES string of the molecule is CC(=C\C(=O)OC(C)(C)C)/C=C(\C)C[C@H](C)CCCCC=O. The minimum absolute atomic E-state index is 0.295. The highest BCUT2D eigenvalue weighted by Gasteiger charge is 2.14. The van der Waals surface area contributed by atoms with Gasteiger partial charge in [0.05, 0.1) is 0 Å². The van der Waals surface area contributed by atoms with Gasteiger partial charge < -0.3 is 9.53 Å². The van der Waals surface area contributed by atoms with E-state index in [0.29, 0.717) is 12.3 Å². The molecule has 0 N–H and O–H groups in total. The maximum atomic E-state index is 11.7. The third-order valence-corrected chi connectivity index (χ3v) is 3.17. The van der Waals surface area contributed by atoms with Gasteiger partial charge in [0, 0.05) is 12.5 Å². The van der Waals surface area contributed by atoms with E-state index in [9.17, 15) is 9.59 Å². The Morgan fingerprint density at radius 1 is 1.14 bits per heavy atom. The number of carbonyl (C=O) groups is 2. The van der Waals surface area contributed by atoms with Gasteiger partial charge in [-0.3, -0.25) is 0 Å². The van der Waals surface area contributed by atoms with Crippen LogP contribution in [-0.2, 0) is 14.3 Å². The molecule has 0 aliphatic rings. The topological polar surface area (TPSA) is 43.4 Å². The second-order valence-corrected chi connectivity index (χ2v) is 7.17. The molecule has 0 aliphatic heterocycles. The van der Waals surface area contributed by atoms with E-state index >= 15 is 0 Å². The Balaban J connectivity index is 4.33. The van der Waals surface area contributed by atoms with E-state index in [1.165, 1.54) is 5.57 Å². The Bertz CT molecular complexity index is 411. The van der Waals surface area contributed by atoms with E-state index in [4.69, 9.17) is 4.74 Å². The van der Waals surface area contributed by atoms with Crippen LogP contribution in [0.2, 0.25) is 0 Å². The maximum Gasteiger partial charge on any atom is 0.331 e. The summed E-state index contributed by atoms with van der Waals surface area (Å²) >= 11 is 0. The number of allylic oxidation sites excluding steroid dienone is 3. The number of hydrogen-bond acceptors (Lipinski definition) is 3. The van der Waals surface area contributed by atoms with E-state index < -0.39 is 5.60 Å². The summed E-state index contributed by atoms with van der Waals surface area (Å²) in [5.74, 6) is 0.299. The summed E-state index contributed by atoms with van der Waals surface area (Å²) in [6.07, 6.45) is 9.47. The van der Waals surface area contributed by atoms with Crippen molar-refractivity contribution < 1.29 is 14.3 Å². The second kappa shape index (κ2) is 10.4. The molecule has 0 saturated carbocycles. The summed E-state index contributed by atoms with van der Waals surface area (Å²) in [5, 5.41) is 0. The van der Waals surface area contributed by atoms with Crippen molar-refractivity contribution in [2.75, 3.05) is 0 Å². The molecule has 0 saturated heterocycles.